The number of fused-ring (bicyclic) bond motifs is 4. The first-order valence-electron chi connectivity index (χ1n) is 11.9. The minimum atomic E-state index is -2.18. The molecule has 0 saturated carbocycles. The molecule has 1 heterocycles. The van der Waals surface area contributed by atoms with E-state index in [0.717, 1.165) is 6.07 Å². The van der Waals surface area contributed by atoms with Gasteiger partial charge in [0, 0.05) is 27.2 Å². The van der Waals surface area contributed by atoms with Gasteiger partial charge in [0.25, 0.3) is 11.5 Å². The largest absolute Gasteiger partial charge is 0.465 e. The number of amides is 1. The second kappa shape index (κ2) is 10.6. The average molecular weight is 624 g/mol. The van der Waals surface area contributed by atoms with E-state index >= 15 is 0 Å². The van der Waals surface area contributed by atoms with Gasteiger partial charge in [-0.25, -0.2) is 13.8 Å². The molecule has 3 aromatic carbocycles. The topological polar surface area (TPSA) is 152 Å². The molecule has 206 valence electrons. The number of H-pyrrole nitrogens is 1. The van der Waals surface area contributed by atoms with E-state index in [-0.39, 0.29) is 44.4 Å². The molecule has 4 aromatic rings. The van der Waals surface area contributed by atoms with Gasteiger partial charge < -0.3 is 15.0 Å². The fourth-order valence-corrected chi connectivity index (χ4v) is 4.99. The molecule has 10 nitrogen and oxygen atoms in total. The third-order valence-electron chi connectivity index (χ3n) is 6.31. The summed E-state index contributed by atoms with van der Waals surface area (Å²) in [5.41, 5.74) is -2.37. The summed E-state index contributed by atoms with van der Waals surface area (Å²) in [6.07, 6.45) is 0. The van der Waals surface area contributed by atoms with Crippen molar-refractivity contribution in [2.75, 3.05) is 11.9 Å². The maximum Gasteiger partial charge on any atom is 0.323 e. The molecule has 41 heavy (non-hydrogen) atoms. The highest BCUT2D eigenvalue weighted by atomic mass is 79.9. The van der Waals surface area contributed by atoms with Crippen molar-refractivity contribution in [3.8, 4) is 0 Å². The summed E-state index contributed by atoms with van der Waals surface area (Å²) in [6.45, 7) is 1.20. The third kappa shape index (κ3) is 4.73. The first kappa shape index (κ1) is 27.6. The molecule has 5 rings (SSSR count). The summed E-state index contributed by atoms with van der Waals surface area (Å²) in [5.74, 6) is -9.67. The SMILES string of the molecule is CCOC(=O)[C@H](C(=O)C(=O)Nc1c(F)cc(F)cc1Br)c1nc2ccc3c(c2[nH]c1=O)C(=O)c1ccccc1C3=O. The van der Waals surface area contributed by atoms with Crippen LogP contribution in [-0.2, 0) is 19.1 Å². The molecular formula is C28H16BrF2N3O7. The number of carbonyl (C=O) groups is 5. The highest BCUT2D eigenvalue weighted by Crippen LogP contribution is 2.32. The minimum absolute atomic E-state index is 0.0238. The molecule has 0 fully saturated rings. The van der Waals surface area contributed by atoms with Gasteiger partial charge in [0.05, 0.1) is 28.9 Å². The van der Waals surface area contributed by atoms with E-state index in [2.05, 4.69) is 25.9 Å². The standard InChI is InChI=1S/C28H16BrF2N3O7/c1-2-41-28(40)19(25(37)27(39)33-20-15(29)9-11(30)10-16(20)31)22-26(38)34-21-17(32-22)8-7-14-18(21)24(36)13-6-4-3-5-12(13)23(14)35/h3-10,19H,2H2,1H3,(H,33,39)(H,34,38)/t19-/m0/s1. The monoisotopic (exact) mass is 623 g/mol. The van der Waals surface area contributed by atoms with Crippen molar-refractivity contribution < 1.29 is 37.5 Å². The molecule has 0 spiro atoms. The van der Waals surface area contributed by atoms with Crippen LogP contribution in [0, 0.1) is 11.6 Å². The molecule has 1 aromatic heterocycles. The lowest BCUT2D eigenvalue weighted by Gasteiger charge is -2.19. The van der Waals surface area contributed by atoms with Crippen molar-refractivity contribution in [2.24, 2.45) is 0 Å². The van der Waals surface area contributed by atoms with E-state index in [0.29, 0.717) is 6.07 Å². The molecule has 0 radical (unpaired) electrons. The fraction of sp³-hybridized carbons (Fsp3) is 0.107. The number of carbonyl (C=O) groups excluding carboxylic acids is 5. The summed E-state index contributed by atoms with van der Waals surface area (Å²) >= 11 is 2.88. The third-order valence-corrected chi connectivity index (χ3v) is 6.94. The molecule has 0 saturated heterocycles. The Hall–Kier alpha value is -4.91. The number of aromatic nitrogens is 2. The van der Waals surface area contributed by atoms with Gasteiger partial charge >= 0.3 is 5.97 Å². The van der Waals surface area contributed by atoms with E-state index in [1.807, 2.05) is 5.32 Å². The predicted molar refractivity (Wildman–Crippen MR) is 143 cm³/mol. The van der Waals surface area contributed by atoms with E-state index in [1.165, 1.54) is 31.2 Å². The number of ketones is 3. The number of anilines is 1. The van der Waals surface area contributed by atoms with Gasteiger partial charge in [-0.2, -0.15) is 0 Å². The Morgan fingerprint density at radius 2 is 1.68 bits per heavy atom. The van der Waals surface area contributed by atoms with Crippen LogP contribution in [0.5, 0.6) is 0 Å². The van der Waals surface area contributed by atoms with Crippen LogP contribution in [0.2, 0.25) is 0 Å². The van der Waals surface area contributed by atoms with Crippen molar-refractivity contribution in [2.45, 2.75) is 12.8 Å². The van der Waals surface area contributed by atoms with Gasteiger partial charge in [0.2, 0.25) is 5.78 Å². The van der Waals surface area contributed by atoms with Crippen LogP contribution >= 0.6 is 15.9 Å². The fourth-order valence-electron chi connectivity index (χ4n) is 4.49. The molecule has 1 aliphatic carbocycles. The number of hydrogen-bond donors (Lipinski definition) is 2. The summed E-state index contributed by atoms with van der Waals surface area (Å²) in [6, 6.07) is 10.1. The van der Waals surface area contributed by atoms with Crippen molar-refractivity contribution in [3.05, 3.63) is 103 Å². The Labute approximate surface area is 236 Å². The van der Waals surface area contributed by atoms with Gasteiger partial charge in [-0.05, 0) is 41.1 Å². The molecule has 0 bridgehead atoms. The Bertz CT molecular complexity index is 1880. The van der Waals surface area contributed by atoms with Crippen LogP contribution in [0.3, 0.4) is 0 Å². The Kier molecular flexibility index (Phi) is 7.13. The highest BCUT2D eigenvalue weighted by molar-refractivity contribution is 9.10. The second-order valence-corrected chi connectivity index (χ2v) is 9.64. The van der Waals surface area contributed by atoms with Crippen LogP contribution in [-0.4, -0.2) is 45.8 Å². The minimum Gasteiger partial charge on any atom is -0.465 e. The zero-order valence-electron chi connectivity index (χ0n) is 20.8. The molecular weight excluding hydrogens is 608 g/mol. The Morgan fingerprint density at radius 3 is 2.34 bits per heavy atom. The molecule has 1 amide bonds. The van der Waals surface area contributed by atoms with E-state index < -0.39 is 63.7 Å². The number of nitrogens with one attached hydrogen (secondary N) is 2. The van der Waals surface area contributed by atoms with Gasteiger partial charge in [0.15, 0.2) is 23.3 Å². The summed E-state index contributed by atoms with van der Waals surface area (Å²) in [5, 5.41) is 1.96. The summed E-state index contributed by atoms with van der Waals surface area (Å²) in [7, 11) is 0. The first-order valence-corrected chi connectivity index (χ1v) is 12.7. The molecule has 1 aliphatic rings. The van der Waals surface area contributed by atoms with Crippen LogP contribution in [0.25, 0.3) is 11.0 Å². The van der Waals surface area contributed by atoms with Crippen molar-refractivity contribution in [3.63, 3.8) is 0 Å². The molecule has 1 atom stereocenters. The quantitative estimate of drug-likeness (QED) is 0.165. The first-order chi connectivity index (χ1) is 19.5. The Morgan fingerprint density at radius 1 is 1.00 bits per heavy atom. The predicted octanol–water partition coefficient (Wildman–Crippen LogP) is 3.59. The van der Waals surface area contributed by atoms with Crippen LogP contribution < -0.4 is 10.9 Å². The average Bonchev–Trinajstić information content (AvgIpc) is 2.93. The van der Waals surface area contributed by atoms with Gasteiger partial charge in [0.1, 0.15) is 11.5 Å². The van der Waals surface area contributed by atoms with Gasteiger partial charge in [-0.1, -0.05) is 24.3 Å². The van der Waals surface area contributed by atoms with E-state index in [9.17, 15) is 37.5 Å². The number of aromatic amines is 1. The zero-order chi connectivity index (χ0) is 29.6. The van der Waals surface area contributed by atoms with Crippen LogP contribution in [0.4, 0.5) is 14.5 Å². The number of ether oxygens (including phenoxy) is 1. The number of halogens is 3. The van der Waals surface area contributed by atoms with Crippen LogP contribution in [0.15, 0.2) is 57.8 Å². The number of hydrogen-bond acceptors (Lipinski definition) is 8. The lowest BCUT2D eigenvalue weighted by Crippen LogP contribution is -2.37. The maximum atomic E-state index is 14.3. The van der Waals surface area contributed by atoms with Gasteiger partial charge in [-0.15, -0.1) is 0 Å². The van der Waals surface area contributed by atoms with Crippen molar-refractivity contribution in [1.82, 2.24) is 9.97 Å². The number of nitrogens with zero attached hydrogens (tertiary/aromatic N) is 1. The number of Topliss-reactive ketones (excluding diaryl/α,β-unsaturated/α-hetero) is 1. The van der Waals surface area contributed by atoms with E-state index in [4.69, 9.17) is 4.74 Å². The molecule has 0 aliphatic heterocycles. The van der Waals surface area contributed by atoms with Crippen molar-refractivity contribution >= 4 is 61.9 Å². The lowest BCUT2D eigenvalue weighted by molar-refractivity contribution is -0.150. The smallest absolute Gasteiger partial charge is 0.323 e. The molecule has 0 unspecified atom stereocenters. The lowest BCUT2D eigenvalue weighted by atomic mass is 9.83. The van der Waals surface area contributed by atoms with E-state index in [1.54, 1.807) is 12.1 Å². The Balaban J connectivity index is 1.60. The van der Waals surface area contributed by atoms with Crippen molar-refractivity contribution in [1.29, 1.82) is 0 Å². The molecule has 2 N–H and O–H groups in total. The second-order valence-electron chi connectivity index (χ2n) is 8.79. The summed E-state index contributed by atoms with van der Waals surface area (Å²) in [4.78, 5) is 84.9. The maximum absolute atomic E-state index is 14.3. The number of benzene rings is 3. The molecule has 13 heteroatoms. The summed E-state index contributed by atoms with van der Waals surface area (Å²) < 4.78 is 32.4. The number of rotatable bonds is 6. The highest BCUT2D eigenvalue weighted by Gasteiger charge is 2.39. The van der Waals surface area contributed by atoms with Crippen LogP contribution in [0.1, 0.15) is 50.4 Å². The normalized spacial score (nSPS) is 12.9. The number of esters is 1. The van der Waals surface area contributed by atoms with Gasteiger partial charge in [-0.3, -0.25) is 28.8 Å². The zero-order valence-corrected chi connectivity index (χ0v) is 22.4.